The first-order valence-electron chi connectivity index (χ1n) is 7.85. The Hall–Kier alpha value is -1.64. The molecule has 130 valence electrons. The molecule has 0 aliphatic carbocycles. The van der Waals surface area contributed by atoms with Gasteiger partial charge >= 0.3 is 0 Å². The van der Waals surface area contributed by atoms with Gasteiger partial charge in [-0.25, -0.2) is 4.39 Å². The van der Waals surface area contributed by atoms with Gasteiger partial charge in [0.2, 0.25) is 0 Å². The summed E-state index contributed by atoms with van der Waals surface area (Å²) < 4.78 is 15.5. The predicted octanol–water partition coefficient (Wildman–Crippen LogP) is 2.74. The summed E-state index contributed by atoms with van der Waals surface area (Å²) in [7, 11) is 3.70. The Kier molecular flexibility index (Phi) is 6.59. The van der Waals surface area contributed by atoms with Crippen molar-refractivity contribution >= 4 is 29.9 Å². The van der Waals surface area contributed by atoms with E-state index in [0.29, 0.717) is 18.0 Å². The molecule has 1 aliphatic heterocycles. The fourth-order valence-corrected chi connectivity index (χ4v) is 3.02. The van der Waals surface area contributed by atoms with E-state index in [1.54, 1.807) is 19.2 Å². The van der Waals surface area contributed by atoms with Crippen LogP contribution in [-0.4, -0.2) is 40.8 Å². The third kappa shape index (κ3) is 4.25. The molecule has 24 heavy (non-hydrogen) atoms. The second-order valence-electron chi connectivity index (χ2n) is 5.87. The van der Waals surface area contributed by atoms with E-state index in [4.69, 9.17) is 0 Å². The van der Waals surface area contributed by atoms with Crippen molar-refractivity contribution < 1.29 is 4.39 Å². The lowest BCUT2D eigenvalue weighted by Crippen LogP contribution is -2.39. The maximum absolute atomic E-state index is 13.7. The van der Waals surface area contributed by atoms with Gasteiger partial charge in [0, 0.05) is 51.4 Å². The maximum atomic E-state index is 13.7. The molecule has 5 nitrogen and oxygen atoms in total. The zero-order valence-electron chi connectivity index (χ0n) is 13.9. The lowest BCUT2D eigenvalue weighted by molar-refractivity contribution is 0.484. The van der Waals surface area contributed by atoms with Crippen LogP contribution >= 0.6 is 24.0 Å². The lowest BCUT2D eigenvalue weighted by atomic mass is 10.0. The summed E-state index contributed by atoms with van der Waals surface area (Å²) in [6.45, 7) is 2.28. The van der Waals surface area contributed by atoms with E-state index < -0.39 is 0 Å². The van der Waals surface area contributed by atoms with Crippen molar-refractivity contribution in [3.63, 3.8) is 0 Å². The Morgan fingerprint density at radius 3 is 2.88 bits per heavy atom. The SMILES string of the molecule is CN=C(NCc1ccccc1F)N1CCC(c2cnn(C)c2)C1.I. The number of nitrogens with one attached hydrogen (secondary N) is 1. The van der Waals surface area contributed by atoms with Gasteiger partial charge in [-0.3, -0.25) is 9.67 Å². The summed E-state index contributed by atoms with van der Waals surface area (Å²) in [5.41, 5.74) is 1.91. The Labute approximate surface area is 159 Å². The fourth-order valence-electron chi connectivity index (χ4n) is 3.02. The number of nitrogens with zero attached hydrogens (tertiary/aromatic N) is 4. The number of aromatic nitrogens is 2. The number of halogens is 2. The summed E-state index contributed by atoms with van der Waals surface area (Å²) in [5.74, 6) is 1.10. The summed E-state index contributed by atoms with van der Waals surface area (Å²) in [5, 5.41) is 7.51. The molecular weight excluding hydrogens is 420 g/mol. The predicted molar refractivity (Wildman–Crippen MR) is 104 cm³/mol. The molecule has 1 saturated heterocycles. The van der Waals surface area contributed by atoms with E-state index in [1.807, 2.05) is 24.0 Å². The molecule has 2 heterocycles. The number of likely N-dealkylation sites (tertiary alicyclic amines) is 1. The summed E-state index contributed by atoms with van der Waals surface area (Å²) in [6.07, 6.45) is 5.08. The first-order chi connectivity index (χ1) is 11.2. The van der Waals surface area contributed by atoms with Crippen LogP contribution in [0.15, 0.2) is 41.7 Å². The molecule has 0 radical (unpaired) electrons. The Bertz CT molecular complexity index is 700. The first kappa shape index (κ1) is 18.7. The molecule has 1 atom stereocenters. The van der Waals surface area contributed by atoms with E-state index in [1.165, 1.54) is 11.6 Å². The zero-order chi connectivity index (χ0) is 16.2. The lowest BCUT2D eigenvalue weighted by Gasteiger charge is -2.21. The van der Waals surface area contributed by atoms with Crippen LogP contribution in [0, 0.1) is 5.82 Å². The third-order valence-electron chi connectivity index (χ3n) is 4.29. The summed E-state index contributed by atoms with van der Waals surface area (Å²) in [4.78, 5) is 6.56. The average Bonchev–Trinajstić information content (AvgIpc) is 3.19. The van der Waals surface area contributed by atoms with Crippen molar-refractivity contribution in [1.82, 2.24) is 20.0 Å². The molecule has 1 aromatic heterocycles. The number of guanidine groups is 1. The van der Waals surface area contributed by atoms with Gasteiger partial charge in [-0.15, -0.1) is 24.0 Å². The van der Waals surface area contributed by atoms with Gasteiger partial charge in [-0.05, 0) is 18.1 Å². The molecule has 0 spiro atoms. The molecule has 1 aromatic carbocycles. The van der Waals surface area contributed by atoms with E-state index >= 15 is 0 Å². The molecule has 1 aliphatic rings. The van der Waals surface area contributed by atoms with Crippen LogP contribution in [0.5, 0.6) is 0 Å². The number of benzene rings is 1. The fraction of sp³-hybridized carbons (Fsp3) is 0.412. The minimum absolute atomic E-state index is 0. The highest BCUT2D eigenvalue weighted by Crippen LogP contribution is 2.26. The van der Waals surface area contributed by atoms with Crippen LogP contribution in [-0.2, 0) is 13.6 Å². The van der Waals surface area contributed by atoms with Crippen LogP contribution in [0.1, 0.15) is 23.5 Å². The number of hydrogen-bond acceptors (Lipinski definition) is 2. The summed E-state index contributed by atoms with van der Waals surface area (Å²) >= 11 is 0. The molecule has 2 aromatic rings. The monoisotopic (exact) mass is 443 g/mol. The molecule has 3 rings (SSSR count). The highest BCUT2D eigenvalue weighted by atomic mass is 127. The van der Waals surface area contributed by atoms with E-state index in [9.17, 15) is 4.39 Å². The van der Waals surface area contributed by atoms with Crippen LogP contribution in [0.25, 0.3) is 0 Å². The molecule has 0 bridgehead atoms. The van der Waals surface area contributed by atoms with Crippen molar-refractivity contribution in [2.24, 2.45) is 12.0 Å². The molecule has 1 unspecified atom stereocenters. The third-order valence-corrected chi connectivity index (χ3v) is 4.29. The topological polar surface area (TPSA) is 45.5 Å². The maximum Gasteiger partial charge on any atom is 0.193 e. The normalized spacial score (nSPS) is 17.7. The number of aliphatic imine (C=N–C) groups is 1. The number of hydrogen-bond donors (Lipinski definition) is 1. The average molecular weight is 443 g/mol. The molecule has 0 saturated carbocycles. The Morgan fingerprint density at radius 2 is 2.21 bits per heavy atom. The second kappa shape index (κ2) is 8.46. The minimum atomic E-state index is -0.190. The van der Waals surface area contributed by atoms with Crippen molar-refractivity contribution in [3.8, 4) is 0 Å². The molecule has 0 amide bonds. The highest BCUT2D eigenvalue weighted by Gasteiger charge is 2.26. The van der Waals surface area contributed by atoms with Crippen LogP contribution in [0.2, 0.25) is 0 Å². The molecule has 1 fully saturated rings. The van der Waals surface area contributed by atoms with Crippen molar-refractivity contribution in [1.29, 1.82) is 0 Å². The molecular formula is C17H23FIN5. The van der Waals surface area contributed by atoms with Crippen molar-refractivity contribution in [3.05, 3.63) is 53.6 Å². The van der Waals surface area contributed by atoms with Gasteiger partial charge < -0.3 is 10.2 Å². The van der Waals surface area contributed by atoms with Crippen LogP contribution in [0.3, 0.4) is 0 Å². The van der Waals surface area contributed by atoms with Crippen molar-refractivity contribution in [2.45, 2.75) is 18.9 Å². The Balaban J connectivity index is 0.00000208. The van der Waals surface area contributed by atoms with E-state index in [-0.39, 0.29) is 29.8 Å². The van der Waals surface area contributed by atoms with Gasteiger partial charge in [0.25, 0.3) is 0 Å². The minimum Gasteiger partial charge on any atom is -0.352 e. The quantitative estimate of drug-likeness (QED) is 0.451. The summed E-state index contributed by atoms with van der Waals surface area (Å²) in [6, 6.07) is 6.82. The first-order valence-corrected chi connectivity index (χ1v) is 7.85. The number of aryl methyl sites for hydroxylation is 1. The second-order valence-corrected chi connectivity index (χ2v) is 5.87. The van der Waals surface area contributed by atoms with Crippen LogP contribution < -0.4 is 5.32 Å². The smallest absolute Gasteiger partial charge is 0.193 e. The van der Waals surface area contributed by atoms with Gasteiger partial charge in [0.15, 0.2) is 5.96 Å². The zero-order valence-corrected chi connectivity index (χ0v) is 16.3. The van der Waals surface area contributed by atoms with Gasteiger partial charge in [-0.1, -0.05) is 18.2 Å². The van der Waals surface area contributed by atoms with E-state index in [0.717, 1.165) is 25.5 Å². The van der Waals surface area contributed by atoms with Crippen molar-refractivity contribution in [2.75, 3.05) is 20.1 Å². The highest BCUT2D eigenvalue weighted by molar-refractivity contribution is 14.0. The molecule has 1 N–H and O–H groups in total. The van der Waals surface area contributed by atoms with E-state index in [2.05, 4.69) is 26.5 Å². The van der Waals surface area contributed by atoms with Crippen LogP contribution in [0.4, 0.5) is 4.39 Å². The standard InChI is InChI=1S/C17H22FN5.HI/c1-19-17(20-9-13-5-3-4-6-16(13)18)23-8-7-14(12-23)15-10-21-22(2)11-15;/h3-6,10-11,14H,7-9,12H2,1-2H3,(H,19,20);1H. The Morgan fingerprint density at radius 1 is 1.42 bits per heavy atom. The largest absolute Gasteiger partial charge is 0.352 e. The van der Waals surface area contributed by atoms with Gasteiger partial charge in [0.05, 0.1) is 6.20 Å². The molecule has 7 heteroatoms. The number of rotatable bonds is 3. The van der Waals surface area contributed by atoms with Gasteiger partial charge in [0.1, 0.15) is 5.82 Å². The van der Waals surface area contributed by atoms with Gasteiger partial charge in [-0.2, -0.15) is 5.10 Å².